The van der Waals surface area contributed by atoms with Gasteiger partial charge in [0.15, 0.2) is 5.82 Å². The molecule has 2 aromatic heterocycles. The molecule has 0 aliphatic carbocycles. The van der Waals surface area contributed by atoms with Crippen LogP contribution in [0.15, 0.2) is 36.7 Å². The molecule has 1 saturated heterocycles. The van der Waals surface area contributed by atoms with Crippen molar-refractivity contribution >= 4 is 41.0 Å². The van der Waals surface area contributed by atoms with Crippen molar-refractivity contribution in [3.63, 3.8) is 0 Å². The van der Waals surface area contributed by atoms with E-state index < -0.39 is 0 Å². The highest BCUT2D eigenvalue weighted by Gasteiger charge is 2.22. The fourth-order valence-electron chi connectivity index (χ4n) is 2.87. The highest BCUT2D eigenvalue weighted by Crippen LogP contribution is 2.29. The summed E-state index contributed by atoms with van der Waals surface area (Å²) in [6.07, 6.45) is 3.48. The van der Waals surface area contributed by atoms with Crippen molar-refractivity contribution in [3.05, 3.63) is 46.7 Å². The van der Waals surface area contributed by atoms with Crippen LogP contribution >= 0.6 is 23.2 Å². The number of anilines is 3. The van der Waals surface area contributed by atoms with E-state index in [0.717, 1.165) is 19.0 Å². The number of piperazine rings is 1. The molecule has 2 N–H and O–H groups in total. The van der Waals surface area contributed by atoms with E-state index in [4.69, 9.17) is 28.9 Å². The Balaban J connectivity index is 1.57. The highest BCUT2D eigenvalue weighted by molar-refractivity contribution is 6.35. The molecule has 1 fully saturated rings. The van der Waals surface area contributed by atoms with Crippen molar-refractivity contribution in [1.82, 2.24) is 24.9 Å². The maximum absolute atomic E-state index is 6.27. The molecule has 0 atom stereocenters. The molecule has 1 aromatic carbocycles. The lowest BCUT2D eigenvalue weighted by molar-refractivity contribution is 0.627. The molecule has 1 aliphatic rings. The molecule has 4 rings (SSSR count). The van der Waals surface area contributed by atoms with Gasteiger partial charge in [-0.15, -0.1) is 0 Å². The molecular weight excluding hydrogens is 387 g/mol. The number of benzene rings is 1. The summed E-state index contributed by atoms with van der Waals surface area (Å²) >= 11 is 12.4. The van der Waals surface area contributed by atoms with E-state index >= 15 is 0 Å². The van der Waals surface area contributed by atoms with E-state index in [0.29, 0.717) is 40.5 Å². The number of hydrogen-bond donors (Lipinski definition) is 1. The Kier molecular flexibility index (Phi) is 4.91. The van der Waals surface area contributed by atoms with Crippen LogP contribution in [0.2, 0.25) is 10.0 Å². The van der Waals surface area contributed by atoms with Crippen molar-refractivity contribution in [2.75, 3.05) is 41.7 Å². The van der Waals surface area contributed by atoms with Gasteiger partial charge in [0.2, 0.25) is 17.8 Å². The first-order valence-corrected chi connectivity index (χ1v) is 9.09. The minimum atomic E-state index is 0.139. The van der Waals surface area contributed by atoms with Gasteiger partial charge < -0.3 is 15.5 Å². The van der Waals surface area contributed by atoms with Crippen molar-refractivity contribution in [1.29, 1.82) is 0 Å². The van der Waals surface area contributed by atoms with Crippen molar-refractivity contribution in [3.8, 4) is 11.4 Å². The molecule has 0 saturated carbocycles. The van der Waals surface area contributed by atoms with Crippen LogP contribution < -0.4 is 15.5 Å². The number of rotatable bonds is 3. The topological polar surface area (TPSA) is 97.0 Å². The first-order chi connectivity index (χ1) is 13.1. The number of nitrogens with zero attached hydrogens (tertiary/aromatic N) is 7. The van der Waals surface area contributed by atoms with Gasteiger partial charge in [-0.1, -0.05) is 23.2 Å². The molecule has 0 unspecified atom stereocenters. The van der Waals surface area contributed by atoms with Crippen LogP contribution in [0.3, 0.4) is 0 Å². The molecule has 8 nitrogen and oxygen atoms in total. The lowest BCUT2D eigenvalue weighted by Crippen LogP contribution is -2.47. The Morgan fingerprint density at radius 3 is 2.22 bits per heavy atom. The van der Waals surface area contributed by atoms with Crippen LogP contribution in [0.25, 0.3) is 11.4 Å². The monoisotopic (exact) mass is 402 g/mol. The summed E-state index contributed by atoms with van der Waals surface area (Å²) in [5, 5.41) is 1.05. The Morgan fingerprint density at radius 1 is 0.852 bits per heavy atom. The standard InChI is InChI=1S/C17H16Cl2N8/c18-11-2-3-13(19)12(10-11)14-23-15(20)25-17(24-14)27-8-6-26(7-9-27)16-21-4-1-5-22-16/h1-5,10H,6-9H2,(H2,20,23,24,25). The molecular formula is C17H16Cl2N8. The predicted molar refractivity (Wildman–Crippen MR) is 106 cm³/mol. The van der Waals surface area contributed by atoms with Gasteiger partial charge in [-0.3, -0.25) is 0 Å². The molecule has 0 spiro atoms. The third-order valence-electron chi connectivity index (χ3n) is 4.21. The number of nitrogens with two attached hydrogens (primary N) is 1. The summed E-state index contributed by atoms with van der Waals surface area (Å²) in [7, 11) is 0. The molecule has 1 aliphatic heterocycles. The summed E-state index contributed by atoms with van der Waals surface area (Å²) in [6, 6.07) is 6.93. The van der Waals surface area contributed by atoms with Crippen LogP contribution in [0.1, 0.15) is 0 Å². The van der Waals surface area contributed by atoms with E-state index in [1.807, 2.05) is 0 Å². The second kappa shape index (κ2) is 7.50. The van der Waals surface area contributed by atoms with Crippen LogP contribution in [0.5, 0.6) is 0 Å². The summed E-state index contributed by atoms with van der Waals surface area (Å²) < 4.78 is 0. The smallest absolute Gasteiger partial charge is 0.230 e. The third kappa shape index (κ3) is 3.86. The maximum Gasteiger partial charge on any atom is 0.230 e. The first kappa shape index (κ1) is 17.7. The number of hydrogen-bond acceptors (Lipinski definition) is 8. The fourth-order valence-corrected chi connectivity index (χ4v) is 3.25. The lowest BCUT2D eigenvalue weighted by Gasteiger charge is -2.34. The first-order valence-electron chi connectivity index (χ1n) is 8.34. The van der Waals surface area contributed by atoms with Crippen LogP contribution in [0.4, 0.5) is 17.8 Å². The minimum Gasteiger partial charge on any atom is -0.368 e. The molecule has 3 aromatic rings. The Bertz CT molecular complexity index is 945. The molecule has 0 amide bonds. The molecule has 0 bridgehead atoms. The maximum atomic E-state index is 6.27. The Morgan fingerprint density at radius 2 is 1.52 bits per heavy atom. The van der Waals surface area contributed by atoms with Gasteiger partial charge in [0.25, 0.3) is 0 Å². The molecule has 27 heavy (non-hydrogen) atoms. The minimum absolute atomic E-state index is 0.139. The number of halogens is 2. The summed E-state index contributed by atoms with van der Waals surface area (Å²) in [4.78, 5) is 25.8. The van der Waals surface area contributed by atoms with E-state index in [2.05, 4.69) is 34.7 Å². The second-order valence-electron chi connectivity index (χ2n) is 5.96. The van der Waals surface area contributed by atoms with Gasteiger partial charge in [-0.05, 0) is 24.3 Å². The normalized spacial score (nSPS) is 14.4. The molecule has 10 heteroatoms. The highest BCUT2D eigenvalue weighted by atomic mass is 35.5. The van der Waals surface area contributed by atoms with Gasteiger partial charge in [0.1, 0.15) is 0 Å². The van der Waals surface area contributed by atoms with E-state index in [9.17, 15) is 0 Å². The average Bonchev–Trinajstić information content (AvgIpc) is 2.70. The average molecular weight is 403 g/mol. The van der Waals surface area contributed by atoms with Crippen molar-refractivity contribution < 1.29 is 0 Å². The Labute approximate surface area is 166 Å². The second-order valence-corrected chi connectivity index (χ2v) is 6.81. The van der Waals surface area contributed by atoms with Gasteiger partial charge >= 0.3 is 0 Å². The molecule has 0 radical (unpaired) electrons. The van der Waals surface area contributed by atoms with Crippen molar-refractivity contribution in [2.45, 2.75) is 0 Å². The summed E-state index contributed by atoms with van der Waals surface area (Å²) in [5.74, 6) is 1.78. The zero-order chi connectivity index (χ0) is 18.8. The van der Waals surface area contributed by atoms with Gasteiger partial charge in [0, 0.05) is 49.2 Å². The summed E-state index contributed by atoms with van der Waals surface area (Å²) in [5.41, 5.74) is 6.54. The third-order valence-corrected chi connectivity index (χ3v) is 4.77. The number of nitrogen functional groups attached to an aromatic ring is 1. The summed E-state index contributed by atoms with van der Waals surface area (Å²) in [6.45, 7) is 2.93. The van der Waals surface area contributed by atoms with Gasteiger partial charge in [-0.2, -0.15) is 15.0 Å². The largest absolute Gasteiger partial charge is 0.368 e. The fraction of sp³-hybridized carbons (Fsp3) is 0.235. The quantitative estimate of drug-likeness (QED) is 0.713. The van der Waals surface area contributed by atoms with E-state index in [-0.39, 0.29) is 5.95 Å². The van der Waals surface area contributed by atoms with E-state index in [1.54, 1.807) is 36.7 Å². The van der Waals surface area contributed by atoms with Crippen LogP contribution in [-0.2, 0) is 0 Å². The van der Waals surface area contributed by atoms with Crippen LogP contribution in [-0.4, -0.2) is 51.1 Å². The van der Waals surface area contributed by atoms with E-state index in [1.165, 1.54) is 0 Å². The predicted octanol–water partition coefficient (Wildman–Crippen LogP) is 2.54. The molecule has 138 valence electrons. The lowest BCUT2D eigenvalue weighted by atomic mass is 10.2. The van der Waals surface area contributed by atoms with Gasteiger partial charge in [-0.25, -0.2) is 9.97 Å². The zero-order valence-corrected chi connectivity index (χ0v) is 15.8. The van der Waals surface area contributed by atoms with Gasteiger partial charge in [0.05, 0.1) is 5.02 Å². The van der Waals surface area contributed by atoms with Crippen molar-refractivity contribution in [2.24, 2.45) is 0 Å². The zero-order valence-electron chi connectivity index (χ0n) is 14.3. The SMILES string of the molecule is Nc1nc(-c2cc(Cl)ccc2Cl)nc(N2CCN(c3ncccn3)CC2)n1. The Hall–Kier alpha value is -2.71. The molecule has 3 heterocycles. The van der Waals surface area contributed by atoms with Crippen LogP contribution in [0, 0.1) is 0 Å². The number of aromatic nitrogens is 5.